The molecule has 0 bridgehead atoms. The highest BCUT2D eigenvalue weighted by atomic mass is 16.2. The van der Waals surface area contributed by atoms with Crippen LogP contribution in [0.5, 0.6) is 0 Å². The number of aryl methyl sites for hydroxylation is 2. The molecule has 2 aromatic heterocycles. The average molecular weight is 367 g/mol. The number of fused-ring (bicyclic) bond motifs is 1. The van der Waals surface area contributed by atoms with Crippen LogP contribution in [0.4, 0.5) is 0 Å². The Morgan fingerprint density at radius 3 is 3.04 bits per heavy atom. The number of carbonyl (C=O) groups is 1. The molecule has 1 aliphatic heterocycles. The van der Waals surface area contributed by atoms with Gasteiger partial charge in [0.25, 0.3) is 0 Å². The van der Waals surface area contributed by atoms with Gasteiger partial charge in [-0.25, -0.2) is 9.78 Å². The van der Waals surface area contributed by atoms with Gasteiger partial charge in [0.2, 0.25) is 5.91 Å². The van der Waals surface area contributed by atoms with Gasteiger partial charge in [-0.15, -0.1) is 0 Å². The number of piperidine rings is 1. The van der Waals surface area contributed by atoms with Crippen LogP contribution in [0, 0.1) is 0 Å². The van der Waals surface area contributed by atoms with Crippen molar-refractivity contribution < 1.29 is 4.79 Å². The van der Waals surface area contributed by atoms with E-state index in [1.807, 2.05) is 41.6 Å². The third-order valence-electron chi connectivity index (χ3n) is 5.46. The zero-order valence-corrected chi connectivity index (χ0v) is 15.6. The molecule has 0 saturated carbocycles. The fourth-order valence-electron chi connectivity index (χ4n) is 4.06. The summed E-state index contributed by atoms with van der Waals surface area (Å²) in [7, 11) is 0. The lowest BCUT2D eigenvalue weighted by Gasteiger charge is -2.32. The second-order valence-corrected chi connectivity index (χ2v) is 7.10. The maximum absolute atomic E-state index is 12.8. The van der Waals surface area contributed by atoms with Gasteiger partial charge in [0.15, 0.2) is 0 Å². The number of nitrogens with zero attached hydrogens (tertiary/aromatic N) is 4. The van der Waals surface area contributed by atoms with E-state index in [1.165, 1.54) is 0 Å². The van der Waals surface area contributed by atoms with Crippen LogP contribution in [-0.4, -0.2) is 43.0 Å². The fraction of sp³-hybridized carbons (Fsp3) is 0.450. The molecule has 1 aliphatic rings. The number of likely N-dealkylation sites (tertiary alicyclic amines) is 1. The Morgan fingerprint density at radius 1 is 1.33 bits per heavy atom. The molecule has 0 unspecified atom stereocenters. The third kappa shape index (κ3) is 3.41. The number of benzene rings is 1. The Balaban J connectivity index is 1.43. The van der Waals surface area contributed by atoms with Crippen molar-refractivity contribution in [1.29, 1.82) is 0 Å². The summed E-state index contributed by atoms with van der Waals surface area (Å²) in [5, 5.41) is 0. The number of aromatic nitrogens is 4. The van der Waals surface area contributed by atoms with E-state index >= 15 is 0 Å². The predicted octanol–water partition coefficient (Wildman–Crippen LogP) is 2.34. The molecule has 27 heavy (non-hydrogen) atoms. The molecule has 3 aromatic rings. The lowest BCUT2D eigenvalue weighted by atomic mass is 9.97. The van der Waals surface area contributed by atoms with Crippen LogP contribution in [0.2, 0.25) is 0 Å². The van der Waals surface area contributed by atoms with E-state index in [9.17, 15) is 9.59 Å². The zero-order valence-electron chi connectivity index (χ0n) is 15.6. The molecule has 1 atom stereocenters. The van der Waals surface area contributed by atoms with Crippen LogP contribution in [0.25, 0.3) is 11.0 Å². The van der Waals surface area contributed by atoms with E-state index in [0.29, 0.717) is 19.5 Å². The minimum absolute atomic E-state index is 0.103. The van der Waals surface area contributed by atoms with E-state index < -0.39 is 0 Å². The summed E-state index contributed by atoms with van der Waals surface area (Å²) in [6, 6.07) is 7.57. The van der Waals surface area contributed by atoms with Gasteiger partial charge in [-0.3, -0.25) is 9.36 Å². The molecule has 7 heteroatoms. The molecule has 0 aliphatic carbocycles. The summed E-state index contributed by atoms with van der Waals surface area (Å²) in [5.41, 5.74) is 1.49. The number of para-hydroxylation sites is 2. The molecule has 3 heterocycles. The van der Waals surface area contributed by atoms with Gasteiger partial charge in [0, 0.05) is 50.9 Å². The van der Waals surface area contributed by atoms with Crippen molar-refractivity contribution in [2.75, 3.05) is 13.1 Å². The lowest BCUT2D eigenvalue weighted by molar-refractivity contribution is -0.132. The Labute approximate surface area is 157 Å². The Morgan fingerprint density at radius 2 is 2.19 bits per heavy atom. The second kappa shape index (κ2) is 7.42. The summed E-state index contributed by atoms with van der Waals surface area (Å²) >= 11 is 0. The van der Waals surface area contributed by atoms with Crippen LogP contribution >= 0.6 is 0 Å². The summed E-state index contributed by atoms with van der Waals surface area (Å²) in [5.74, 6) is 1.46. The van der Waals surface area contributed by atoms with Gasteiger partial charge in [-0.2, -0.15) is 0 Å². The van der Waals surface area contributed by atoms with Crippen molar-refractivity contribution in [2.45, 2.75) is 45.2 Å². The molecule has 4 rings (SSSR count). The number of carbonyl (C=O) groups excluding carboxylic acids is 1. The molecule has 1 fully saturated rings. The van der Waals surface area contributed by atoms with Gasteiger partial charge >= 0.3 is 5.69 Å². The summed E-state index contributed by atoms with van der Waals surface area (Å²) in [6.07, 6.45) is 6.21. The summed E-state index contributed by atoms with van der Waals surface area (Å²) in [6.45, 7) is 4.88. The first kappa shape index (κ1) is 17.6. The van der Waals surface area contributed by atoms with E-state index in [2.05, 4.69) is 21.5 Å². The number of hydrogen-bond acceptors (Lipinski definition) is 3. The molecule has 7 nitrogen and oxygen atoms in total. The fourth-order valence-corrected chi connectivity index (χ4v) is 4.06. The number of rotatable bonds is 5. The number of imidazole rings is 2. The maximum atomic E-state index is 12.8. The minimum atomic E-state index is -0.162. The first-order valence-electron chi connectivity index (χ1n) is 9.63. The van der Waals surface area contributed by atoms with E-state index in [0.717, 1.165) is 42.8 Å². The average Bonchev–Trinajstić information content (AvgIpc) is 3.30. The summed E-state index contributed by atoms with van der Waals surface area (Å²) in [4.78, 5) is 34.2. The monoisotopic (exact) mass is 367 g/mol. The number of H-pyrrole nitrogens is 1. The number of hydrogen-bond donors (Lipinski definition) is 1. The molecule has 1 saturated heterocycles. The number of aromatic amines is 1. The number of amides is 1. The Hall–Kier alpha value is -2.83. The summed E-state index contributed by atoms with van der Waals surface area (Å²) < 4.78 is 3.81. The highest BCUT2D eigenvalue weighted by molar-refractivity contribution is 5.77. The smallest absolute Gasteiger partial charge is 0.326 e. The van der Waals surface area contributed by atoms with Gasteiger partial charge in [-0.1, -0.05) is 12.1 Å². The number of nitrogens with one attached hydrogen (secondary N) is 1. The highest BCUT2D eigenvalue weighted by Crippen LogP contribution is 2.26. The van der Waals surface area contributed by atoms with E-state index in [1.54, 1.807) is 4.57 Å². The van der Waals surface area contributed by atoms with Gasteiger partial charge in [0.05, 0.1) is 11.0 Å². The lowest BCUT2D eigenvalue weighted by Crippen LogP contribution is -2.40. The zero-order chi connectivity index (χ0) is 18.8. The van der Waals surface area contributed by atoms with Crippen LogP contribution in [-0.2, 0) is 17.9 Å². The molecule has 142 valence electrons. The van der Waals surface area contributed by atoms with Crippen LogP contribution < -0.4 is 5.69 Å². The van der Waals surface area contributed by atoms with Crippen molar-refractivity contribution >= 4 is 16.9 Å². The Bertz CT molecular complexity index is 999. The van der Waals surface area contributed by atoms with Crippen LogP contribution in [0.15, 0.2) is 41.5 Å². The first-order valence-corrected chi connectivity index (χ1v) is 9.63. The van der Waals surface area contributed by atoms with Crippen molar-refractivity contribution in [3.63, 3.8) is 0 Å². The molecule has 1 aromatic carbocycles. The van der Waals surface area contributed by atoms with Gasteiger partial charge < -0.3 is 14.5 Å². The van der Waals surface area contributed by atoms with Crippen LogP contribution in [0.1, 0.15) is 37.9 Å². The quantitative estimate of drug-likeness (QED) is 0.752. The van der Waals surface area contributed by atoms with E-state index in [-0.39, 0.29) is 17.5 Å². The SMILES string of the molecule is CCn1ccnc1[C@@H]1CCCN(C(=O)CCn2c(=O)[nH]c3ccccc32)C1. The normalized spacial score (nSPS) is 17.5. The topological polar surface area (TPSA) is 75.9 Å². The molecular weight excluding hydrogens is 342 g/mol. The van der Waals surface area contributed by atoms with Crippen molar-refractivity contribution in [3.8, 4) is 0 Å². The molecule has 1 N–H and O–H groups in total. The molecular formula is C20H25N5O2. The Kier molecular flexibility index (Phi) is 4.83. The standard InChI is InChI=1S/C20H25N5O2/c1-2-23-13-10-21-19(23)15-6-5-11-24(14-15)18(26)9-12-25-17-8-4-3-7-16(17)22-20(25)27/h3-4,7-8,10,13,15H,2,5-6,9,11-12,14H2,1H3,(H,22,27)/t15-/m1/s1. The third-order valence-corrected chi connectivity index (χ3v) is 5.46. The molecule has 0 spiro atoms. The van der Waals surface area contributed by atoms with Crippen LogP contribution in [0.3, 0.4) is 0 Å². The molecule has 0 radical (unpaired) electrons. The molecule has 1 amide bonds. The largest absolute Gasteiger partial charge is 0.342 e. The van der Waals surface area contributed by atoms with Crippen molar-refractivity contribution in [1.82, 2.24) is 24.0 Å². The minimum Gasteiger partial charge on any atom is -0.342 e. The second-order valence-electron chi connectivity index (χ2n) is 7.10. The van der Waals surface area contributed by atoms with E-state index in [4.69, 9.17) is 0 Å². The first-order chi connectivity index (χ1) is 13.2. The highest BCUT2D eigenvalue weighted by Gasteiger charge is 2.27. The predicted molar refractivity (Wildman–Crippen MR) is 104 cm³/mol. The maximum Gasteiger partial charge on any atom is 0.326 e. The van der Waals surface area contributed by atoms with Gasteiger partial charge in [0.1, 0.15) is 5.82 Å². The van der Waals surface area contributed by atoms with Gasteiger partial charge in [-0.05, 0) is 31.9 Å². The van der Waals surface area contributed by atoms with Crippen molar-refractivity contribution in [3.05, 3.63) is 53.0 Å². The van der Waals surface area contributed by atoms with Crippen molar-refractivity contribution in [2.24, 2.45) is 0 Å².